The van der Waals surface area contributed by atoms with Crippen molar-refractivity contribution in [2.75, 3.05) is 0 Å². The maximum atomic E-state index is 12.1. The second-order valence-corrected chi connectivity index (χ2v) is 4.88. The van der Waals surface area contributed by atoms with E-state index in [4.69, 9.17) is 0 Å². The molecule has 0 saturated carbocycles. The Labute approximate surface area is 127 Å². The van der Waals surface area contributed by atoms with Crippen LogP contribution in [0.1, 0.15) is 18.5 Å². The molecule has 0 bridgehead atoms. The van der Waals surface area contributed by atoms with Gasteiger partial charge in [-0.05, 0) is 24.6 Å². The minimum atomic E-state index is -0.293. The fourth-order valence-electron chi connectivity index (χ4n) is 2.03. The molecule has 0 aliphatic carbocycles. The summed E-state index contributed by atoms with van der Waals surface area (Å²) in [6.45, 7) is 2.26. The Balaban J connectivity index is 1.58. The lowest BCUT2D eigenvalue weighted by atomic mass is 10.2. The quantitative estimate of drug-likeness (QED) is 0.770. The number of hydrogen-bond donors (Lipinski definition) is 1. The molecule has 1 atom stereocenters. The summed E-state index contributed by atoms with van der Waals surface area (Å²) < 4.78 is 3.44. The molecule has 7 heteroatoms. The van der Waals surface area contributed by atoms with Crippen LogP contribution in [0.15, 0.2) is 55.5 Å². The number of imidazole rings is 1. The Hall–Kier alpha value is -2.96. The number of amides is 1. The fraction of sp³-hybridized carbons (Fsp3) is 0.200. The standard InChI is InChI=1S/C15H16N6O/c1-12(20-8-6-16-11-20)15(22)18-10-13-3-4-14(17-9-13)21-7-2-5-19-21/h2-9,11-12H,10H2,1H3,(H,18,22)/t12-/m0/s1. The highest BCUT2D eigenvalue weighted by Gasteiger charge is 2.13. The Morgan fingerprint density at radius 2 is 2.23 bits per heavy atom. The molecule has 0 radical (unpaired) electrons. The summed E-state index contributed by atoms with van der Waals surface area (Å²) in [5.41, 5.74) is 0.932. The number of nitrogens with one attached hydrogen (secondary N) is 1. The molecular weight excluding hydrogens is 280 g/mol. The molecule has 0 aromatic carbocycles. The minimum absolute atomic E-state index is 0.0610. The first-order valence-electron chi connectivity index (χ1n) is 6.94. The molecular formula is C15H16N6O. The van der Waals surface area contributed by atoms with Gasteiger partial charge in [-0.3, -0.25) is 4.79 Å². The highest BCUT2D eigenvalue weighted by atomic mass is 16.2. The molecule has 0 saturated heterocycles. The van der Waals surface area contributed by atoms with Crippen molar-refractivity contribution in [3.63, 3.8) is 0 Å². The molecule has 3 heterocycles. The Kier molecular flexibility index (Phi) is 3.95. The zero-order valence-electron chi connectivity index (χ0n) is 12.1. The van der Waals surface area contributed by atoms with Crippen molar-refractivity contribution in [3.8, 4) is 5.82 Å². The van der Waals surface area contributed by atoms with Gasteiger partial charge < -0.3 is 9.88 Å². The van der Waals surface area contributed by atoms with E-state index in [0.717, 1.165) is 11.4 Å². The van der Waals surface area contributed by atoms with Crippen LogP contribution >= 0.6 is 0 Å². The number of nitrogens with zero attached hydrogens (tertiary/aromatic N) is 5. The summed E-state index contributed by atoms with van der Waals surface area (Å²) in [6.07, 6.45) is 10.3. The lowest BCUT2D eigenvalue weighted by molar-refractivity contribution is -0.124. The molecule has 3 rings (SSSR count). The second-order valence-electron chi connectivity index (χ2n) is 4.88. The molecule has 1 amide bonds. The van der Waals surface area contributed by atoms with E-state index < -0.39 is 0 Å². The first kappa shape index (κ1) is 14.0. The first-order valence-corrected chi connectivity index (χ1v) is 6.94. The maximum Gasteiger partial charge on any atom is 0.243 e. The van der Waals surface area contributed by atoms with Crippen molar-refractivity contribution in [2.24, 2.45) is 0 Å². The topological polar surface area (TPSA) is 77.6 Å². The van der Waals surface area contributed by atoms with Crippen LogP contribution in [0.3, 0.4) is 0 Å². The zero-order chi connectivity index (χ0) is 15.4. The van der Waals surface area contributed by atoms with Crippen LogP contribution < -0.4 is 5.32 Å². The van der Waals surface area contributed by atoms with E-state index in [9.17, 15) is 4.79 Å². The lowest BCUT2D eigenvalue weighted by Gasteiger charge is -2.13. The van der Waals surface area contributed by atoms with Crippen LogP contribution in [-0.4, -0.2) is 30.2 Å². The molecule has 0 fully saturated rings. The molecule has 0 spiro atoms. The van der Waals surface area contributed by atoms with Crippen molar-refractivity contribution in [3.05, 3.63) is 61.1 Å². The van der Waals surface area contributed by atoms with Crippen molar-refractivity contribution >= 4 is 5.91 Å². The third kappa shape index (κ3) is 3.03. The Morgan fingerprint density at radius 3 is 2.86 bits per heavy atom. The van der Waals surface area contributed by atoms with E-state index in [0.29, 0.717) is 6.54 Å². The van der Waals surface area contributed by atoms with Crippen LogP contribution in [0.5, 0.6) is 0 Å². The summed E-state index contributed by atoms with van der Waals surface area (Å²) in [6, 6.07) is 5.34. The Morgan fingerprint density at radius 1 is 1.32 bits per heavy atom. The van der Waals surface area contributed by atoms with Gasteiger partial charge in [0.2, 0.25) is 5.91 Å². The summed E-state index contributed by atoms with van der Waals surface area (Å²) in [7, 11) is 0. The van der Waals surface area contributed by atoms with Crippen LogP contribution in [0, 0.1) is 0 Å². The first-order chi connectivity index (χ1) is 10.7. The molecule has 1 N–H and O–H groups in total. The van der Waals surface area contributed by atoms with E-state index in [1.165, 1.54) is 0 Å². The van der Waals surface area contributed by atoms with Gasteiger partial charge in [0.1, 0.15) is 6.04 Å². The third-order valence-electron chi connectivity index (χ3n) is 3.37. The molecule has 7 nitrogen and oxygen atoms in total. The highest BCUT2D eigenvalue weighted by molar-refractivity contribution is 5.79. The zero-order valence-corrected chi connectivity index (χ0v) is 12.1. The van der Waals surface area contributed by atoms with Crippen molar-refractivity contribution in [1.29, 1.82) is 0 Å². The Bertz CT molecular complexity index is 718. The lowest BCUT2D eigenvalue weighted by Crippen LogP contribution is -2.30. The number of pyridine rings is 1. The molecule has 3 aromatic rings. The van der Waals surface area contributed by atoms with E-state index in [1.807, 2.05) is 31.3 Å². The number of carbonyl (C=O) groups excluding carboxylic acids is 1. The number of rotatable bonds is 5. The monoisotopic (exact) mass is 296 g/mol. The molecule has 0 aliphatic heterocycles. The van der Waals surface area contributed by atoms with Crippen LogP contribution in [-0.2, 0) is 11.3 Å². The number of carbonyl (C=O) groups is 1. The van der Waals surface area contributed by atoms with Crippen LogP contribution in [0.4, 0.5) is 0 Å². The summed E-state index contributed by atoms with van der Waals surface area (Å²) in [5, 5.41) is 7.01. The van der Waals surface area contributed by atoms with E-state index in [-0.39, 0.29) is 11.9 Å². The second kappa shape index (κ2) is 6.21. The fourth-order valence-corrected chi connectivity index (χ4v) is 2.03. The van der Waals surface area contributed by atoms with Gasteiger partial charge in [-0.2, -0.15) is 5.10 Å². The summed E-state index contributed by atoms with van der Waals surface area (Å²) in [4.78, 5) is 20.3. The average Bonchev–Trinajstić information content (AvgIpc) is 3.25. The molecule has 3 aromatic heterocycles. The predicted octanol–water partition coefficient (Wildman–Crippen LogP) is 1.34. The maximum absolute atomic E-state index is 12.1. The highest BCUT2D eigenvalue weighted by Crippen LogP contribution is 2.07. The van der Waals surface area contributed by atoms with Gasteiger partial charge in [0.15, 0.2) is 5.82 Å². The minimum Gasteiger partial charge on any atom is -0.350 e. The van der Waals surface area contributed by atoms with E-state index >= 15 is 0 Å². The number of hydrogen-bond acceptors (Lipinski definition) is 4. The molecule has 22 heavy (non-hydrogen) atoms. The van der Waals surface area contributed by atoms with Gasteiger partial charge in [0.05, 0.1) is 6.33 Å². The van der Waals surface area contributed by atoms with Crippen molar-refractivity contribution < 1.29 is 4.79 Å². The van der Waals surface area contributed by atoms with Gasteiger partial charge in [0, 0.05) is 37.5 Å². The SMILES string of the molecule is C[C@@H](C(=O)NCc1ccc(-n2cccn2)nc1)n1ccnc1. The van der Waals surface area contributed by atoms with Gasteiger partial charge in [0.25, 0.3) is 0 Å². The van der Waals surface area contributed by atoms with Gasteiger partial charge in [-0.15, -0.1) is 0 Å². The largest absolute Gasteiger partial charge is 0.350 e. The van der Waals surface area contributed by atoms with Crippen LogP contribution in [0.2, 0.25) is 0 Å². The molecule has 0 unspecified atom stereocenters. The van der Waals surface area contributed by atoms with Gasteiger partial charge in [-0.25, -0.2) is 14.6 Å². The smallest absolute Gasteiger partial charge is 0.243 e. The van der Waals surface area contributed by atoms with Gasteiger partial charge >= 0.3 is 0 Å². The van der Waals surface area contributed by atoms with Crippen LogP contribution in [0.25, 0.3) is 5.82 Å². The predicted molar refractivity (Wildman–Crippen MR) is 80.1 cm³/mol. The summed E-state index contributed by atoms with van der Waals surface area (Å²) >= 11 is 0. The normalized spacial score (nSPS) is 12.0. The summed E-state index contributed by atoms with van der Waals surface area (Å²) in [5.74, 6) is 0.681. The van der Waals surface area contributed by atoms with E-state index in [2.05, 4.69) is 20.4 Å². The number of aromatic nitrogens is 5. The van der Waals surface area contributed by atoms with Crippen molar-refractivity contribution in [2.45, 2.75) is 19.5 Å². The van der Waals surface area contributed by atoms with Crippen molar-refractivity contribution in [1.82, 2.24) is 29.6 Å². The van der Waals surface area contributed by atoms with E-state index in [1.54, 1.807) is 40.4 Å². The van der Waals surface area contributed by atoms with Gasteiger partial charge in [-0.1, -0.05) is 6.07 Å². The molecule has 112 valence electrons. The average molecular weight is 296 g/mol. The molecule has 0 aliphatic rings. The third-order valence-corrected chi connectivity index (χ3v) is 3.37.